The molecule has 0 bridgehead atoms. The Morgan fingerprint density at radius 2 is 1.84 bits per heavy atom. The maximum absolute atomic E-state index is 13.3. The Labute approximate surface area is 188 Å². The Morgan fingerprint density at radius 3 is 2.58 bits per heavy atom. The van der Waals surface area contributed by atoms with Gasteiger partial charge in [0.2, 0.25) is 5.13 Å². The molecule has 2 heterocycles. The van der Waals surface area contributed by atoms with E-state index in [2.05, 4.69) is 15.5 Å². The molecule has 0 amide bonds. The standard InChI is InChI=1S/C23H21FN4OS2/c1-15-12-20(16(2)28(15)19-10-8-18(24)9-11-19)21(29)14-30-23-27-26-22(31-23)25-13-17-6-4-3-5-7-17/h3-12H,13-14H2,1-2H3,(H,25,26). The van der Waals surface area contributed by atoms with Gasteiger partial charge >= 0.3 is 0 Å². The summed E-state index contributed by atoms with van der Waals surface area (Å²) in [5.74, 6) is 0.0233. The van der Waals surface area contributed by atoms with Gasteiger partial charge in [0.15, 0.2) is 10.1 Å². The number of Topliss-reactive ketones (excluding diaryl/α,β-unsaturated/α-hetero) is 1. The van der Waals surface area contributed by atoms with E-state index in [0.717, 1.165) is 26.5 Å². The van der Waals surface area contributed by atoms with Crippen LogP contribution in [0.1, 0.15) is 27.3 Å². The van der Waals surface area contributed by atoms with Crippen LogP contribution in [0.15, 0.2) is 65.0 Å². The monoisotopic (exact) mass is 452 g/mol. The van der Waals surface area contributed by atoms with Gasteiger partial charge in [0.05, 0.1) is 5.75 Å². The summed E-state index contributed by atoms with van der Waals surface area (Å²) in [6, 6.07) is 18.2. The molecule has 0 unspecified atom stereocenters. The van der Waals surface area contributed by atoms with Gasteiger partial charge in [0.25, 0.3) is 0 Å². The highest BCUT2D eigenvalue weighted by atomic mass is 32.2. The Bertz CT molecular complexity index is 1190. The molecule has 0 saturated carbocycles. The SMILES string of the molecule is Cc1cc(C(=O)CSc2nnc(NCc3ccccc3)s2)c(C)n1-c1ccc(F)cc1. The van der Waals surface area contributed by atoms with Crippen molar-refractivity contribution in [2.45, 2.75) is 24.7 Å². The predicted octanol–water partition coefficient (Wildman–Crippen LogP) is 5.67. The van der Waals surface area contributed by atoms with Crippen LogP contribution in [0.5, 0.6) is 0 Å². The maximum atomic E-state index is 13.3. The van der Waals surface area contributed by atoms with Crippen LogP contribution in [0.2, 0.25) is 0 Å². The van der Waals surface area contributed by atoms with Gasteiger partial charge in [0, 0.05) is 29.2 Å². The van der Waals surface area contributed by atoms with Gasteiger partial charge < -0.3 is 9.88 Å². The number of aryl methyl sites for hydroxylation is 1. The van der Waals surface area contributed by atoms with Crippen molar-refractivity contribution < 1.29 is 9.18 Å². The first kappa shape index (κ1) is 21.3. The van der Waals surface area contributed by atoms with E-state index >= 15 is 0 Å². The normalized spacial score (nSPS) is 10.9. The highest BCUT2D eigenvalue weighted by Crippen LogP contribution is 2.28. The number of aromatic nitrogens is 3. The molecule has 4 rings (SSSR count). The average molecular weight is 453 g/mol. The zero-order valence-electron chi connectivity index (χ0n) is 17.1. The second kappa shape index (κ2) is 9.45. The van der Waals surface area contributed by atoms with E-state index in [9.17, 15) is 9.18 Å². The second-order valence-electron chi connectivity index (χ2n) is 7.02. The first-order valence-electron chi connectivity index (χ1n) is 9.73. The molecule has 5 nitrogen and oxygen atoms in total. The topological polar surface area (TPSA) is 59.8 Å². The van der Waals surface area contributed by atoms with Gasteiger partial charge in [-0.25, -0.2) is 4.39 Å². The van der Waals surface area contributed by atoms with Crippen molar-refractivity contribution in [2.75, 3.05) is 11.1 Å². The Kier molecular flexibility index (Phi) is 6.48. The summed E-state index contributed by atoms with van der Waals surface area (Å²) >= 11 is 2.82. The molecule has 4 aromatic rings. The fourth-order valence-electron chi connectivity index (χ4n) is 3.35. The largest absolute Gasteiger partial charge is 0.356 e. The zero-order valence-corrected chi connectivity index (χ0v) is 18.8. The summed E-state index contributed by atoms with van der Waals surface area (Å²) in [4.78, 5) is 12.9. The molecule has 0 atom stereocenters. The summed E-state index contributed by atoms with van der Waals surface area (Å²) in [6.07, 6.45) is 0. The van der Waals surface area contributed by atoms with E-state index in [1.165, 1.54) is 40.8 Å². The molecular weight excluding hydrogens is 431 g/mol. The lowest BCUT2D eigenvalue weighted by Crippen LogP contribution is -2.05. The summed E-state index contributed by atoms with van der Waals surface area (Å²) in [6.45, 7) is 4.52. The van der Waals surface area contributed by atoms with E-state index in [4.69, 9.17) is 0 Å². The molecule has 1 N–H and O–H groups in total. The quantitative estimate of drug-likeness (QED) is 0.276. The minimum atomic E-state index is -0.284. The van der Waals surface area contributed by atoms with Crippen molar-refractivity contribution in [3.05, 3.63) is 89.0 Å². The molecule has 2 aromatic carbocycles. The molecular formula is C23H21FN4OS2. The lowest BCUT2D eigenvalue weighted by Gasteiger charge is -2.09. The Hall–Kier alpha value is -2.97. The summed E-state index contributed by atoms with van der Waals surface area (Å²) in [5.41, 5.74) is 4.44. The number of thioether (sulfide) groups is 1. The molecule has 0 aliphatic carbocycles. The van der Waals surface area contributed by atoms with E-state index < -0.39 is 0 Å². The lowest BCUT2D eigenvalue weighted by molar-refractivity contribution is 0.102. The average Bonchev–Trinajstić information content (AvgIpc) is 3.36. The molecule has 0 aliphatic heterocycles. The number of nitrogens with one attached hydrogen (secondary N) is 1. The molecule has 0 aliphatic rings. The smallest absolute Gasteiger partial charge is 0.206 e. The maximum Gasteiger partial charge on any atom is 0.206 e. The lowest BCUT2D eigenvalue weighted by atomic mass is 10.2. The third-order valence-corrected chi connectivity index (χ3v) is 6.85. The number of nitrogens with zero attached hydrogens (tertiary/aromatic N) is 3. The summed E-state index contributed by atoms with van der Waals surface area (Å²) in [5, 5.41) is 12.3. The fraction of sp³-hybridized carbons (Fsp3) is 0.174. The molecule has 0 radical (unpaired) electrons. The van der Waals surface area contributed by atoms with E-state index in [1.807, 2.05) is 54.8 Å². The first-order chi connectivity index (χ1) is 15.0. The number of anilines is 1. The molecule has 0 spiro atoms. The number of hydrogen-bond donors (Lipinski definition) is 1. The Balaban J connectivity index is 1.39. The van der Waals surface area contributed by atoms with Crippen molar-refractivity contribution >= 4 is 34.0 Å². The molecule has 8 heteroatoms. The molecule has 158 valence electrons. The Morgan fingerprint density at radius 1 is 1.10 bits per heavy atom. The number of ketones is 1. The fourth-order valence-corrected chi connectivity index (χ4v) is 4.98. The number of halogens is 1. The number of benzene rings is 2. The molecule has 0 saturated heterocycles. The van der Waals surface area contributed by atoms with Gasteiger partial charge in [-0.1, -0.05) is 53.4 Å². The van der Waals surface area contributed by atoms with Crippen molar-refractivity contribution in [1.82, 2.24) is 14.8 Å². The zero-order chi connectivity index (χ0) is 21.8. The van der Waals surface area contributed by atoms with Crippen LogP contribution >= 0.6 is 23.1 Å². The number of hydrogen-bond acceptors (Lipinski definition) is 6. The van der Waals surface area contributed by atoms with Crippen molar-refractivity contribution in [3.8, 4) is 5.69 Å². The van der Waals surface area contributed by atoms with Gasteiger partial charge in [0.1, 0.15) is 5.82 Å². The van der Waals surface area contributed by atoms with E-state index in [0.29, 0.717) is 12.1 Å². The van der Waals surface area contributed by atoms with Crippen LogP contribution in [0, 0.1) is 19.7 Å². The van der Waals surface area contributed by atoms with Gasteiger partial charge in [-0.05, 0) is 49.7 Å². The third kappa shape index (κ3) is 5.03. The van der Waals surface area contributed by atoms with Gasteiger partial charge in [-0.2, -0.15) is 0 Å². The minimum Gasteiger partial charge on any atom is -0.356 e. The van der Waals surface area contributed by atoms with Gasteiger partial charge in [-0.15, -0.1) is 10.2 Å². The molecule has 2 aromatic heterocycles. The second-order valence-corrected chi connectivity index (χ2v) is 9.22. The van der Waals surface area contributed by atoms with Crippen LogP contribution in [0.25, 0.3) is 5.69 Å². The molecule has 31 heavy (non-hydrogen) atoms. The van der Waals surface area contributed by atoms with E-state index in [-0.39, 0.29) is 17.4 Å². The van der Waals surface area contributed by atoms with E-state index in [1.54, 1.807) is 12.1 Å². The minimum absolute atomic E-state index is 0.0282. The number of carbonyl (C=O) groups excluding carboxylic acids is 1. The number of carbonyl (C=O) groups is 1. The van der Waals surface area contributed by atoms with Crippen LogP contribution in [-0.2, 0) is 6.54 Å². The van der Waals surface area contributed by atoms with Crippen LogP contribution in [-0.4, -0.2) is 26.3 Å². The first-order valence-corrected chi connectivity index (χ1v) is 11.5. The summed E-state index contributed by atoms with van der Waals surface area (Å²) < 4.78 is 16.0. The highest BCUT2D eigenvalue weighted by Gasteiger charge is 2.18. The highest BCUT2D eigenvalue weighted by molar-refractivity contribution is 8.01. The van der Waals surface area contributed by atoms with Crippen molar-refractivity contribution in [3.63, 3.8) is 0 Å². The van der Waals surface area contributed by atoms with Crippen molar-refractivity contribution in [1.29, 1.82) is 0 Å². The van der Waals surface area contributed by atoms with Crippen LogP contribution in [0.3, 0.4) is 0 Å². The van der Waals surface area contributed by atoms with Crippen molar-refractivity contribution in [2.24, 2.45) is 0 Å². The number of rotatable bonds is 8. The van der Waals surface area contributed by atoms with Crippen LogP contribution < -0.4 is 5.32 Å². The van der Waals surface area contributed by atoms with Gasteiger partial charge in [-0.3, -0.25) is 4.79 Å². The summed E-state index contributed by atoms with van der Waals surface area (Å²) in [7, 11) is 0. The van der Waals surface area contributed by atoms with Crippen LogP contribution in [0.4, 0.5) is 9.52 Å². The molecule has 0 fully saturated rings. The predicted molar refractivity (Wildman–Crippen MR) is 124 cm³/mol. The third-order valence-electron chi connectivity index (χ3n) is 4.84.